The van der Waals surface area contributed by atoms with Crippen molar-refractivity contribution in [1.29, 1.82) is 0 Å². The van der Waals surface area contributed by atoms with E-state index in [1.807, 2.05) is 26.0 Å². The number of halogens is 1. The topological polar surface area (TPSA) is 120 Å². The highest BCUT2D eigenvalue weighted by Gasteiger charge is 2.29. The van der Waals surface area contributed by atoms with E-state index in [-0.39, 0.29) is 23.1 Å². The number of benzene rings is 1. The molecule has 4 rings (SSSR count). The molecule has 9 nitrogen and oxygen atoms in total. The molecule has 1 saturated heterocycles. The molecule has 0 amide bonds. The number of aromatic hydroxyl groups is 1. The predicted molar refractivity (Wildman–Crippen MR) is 136 cm³/mol. The normalized spacial score (nSPS) is 15.4. The van der Waals surface area contributed by atoms with E-state index >= 15 is 0 Å². The number of nitrogens with one attached hydrogen (secondary N) is 2. The van der Waals surface area contributed by atoms with Crippen LogP contribution in [-0.4, -0.2) is 78.5 Å². The fraction of sp³-hybridized carbons (Fsp3) is 0.417. The van der Waals surface area contributed by atoms with Crippen molar-refractivity contribution in [3.05, 3.63) is 53.6 Å². The fourth-order valence-corrected chi connectivity index (χ4v) is 5.15. The minimum Gasteiger partial charge on any atom is -0.506 e. The molecule has 0 atom stereocenters. The number of hydrogen-bond acceptors (Lipinski definition) is 7. The van der Waals surface area contributed by atoms with Crippen LogP contribution in [0.3, 0.4) is 0 Å². The van der Waals surface area contributed by atoms with Crippen LogP contribution in [0.25, 0.3) is 22.5 Å². The third-order valence-electron chi connectivity index (χ3n) is 6.05. The molecule has 0 spiro atoms. The van der Waals surface area contributed by atoms with Crippen molar-refractivity contribution in [3.8, 4) is 28.3 Å². The number of H-pyrrole nitrogens is 1. The lowest BCUT2D eigenvalue weighted by Gasteiger charge is -2.27. The van der Waals surface area contributed by atoms with Crippen LogP contribution in [0.15, 0.2) is 42.7 Å². The number of aromatic amines is 1. The van der Waals surface area contributed by atoms with Crippen LogP contribution in [0.1, 0.15) is 19.7 Å². The van der Waals surface area contributed by atoms with Crippen molar-refractivity contribution < 1.29 is 18.3 Å². The molecule has 2 aromatic heterocycles. The highest BCUT2D eigenvalue weighted by molar-refractivity contribution is 7.89. The maximum atomic E-state index is 12.7. The zero-order valence-corrected chi connectivity index (χ0v) is 21.4. The first kappa shape index (κ1) is 25.6. The van der Waals surface area contributed by atoms with Crippen LogP contribution in [0.5, 0.6) is 5.75 Å². The summed E-state index contributed by atoms with van der Waals surface area (Å²) in [6.07, 6.45) is 3.37. The molecule has 1 aliphatic rings. The zero-order chi connectivity index (χ0) is 25.1. The predicted octanol–water partition coefficient (Wildman–Crippen LogP) is 3.03. The van der Waals surface area contributed by atoms with Gasteiger partial charge >= 0.3 is 0 Å². The maximum absolute atomic E-state index is 12.7. The van der Waals surface area contributed by atoms with E-state index in [1.165, 1.54) is 0 Å². The van der Waals surface area contributed by atoms with Crippen molar-refractivity contribution in [1.82, 2.24) is 24.6 Å². The second-order valence-electron chi connectivity index (χ2n) is 9.19. The second kappa shape index (κ2) is 10.6. The molecular weight excluding hydrogens is 490 g/mol. The summed E-state index contributed by atoms with van der Waals surface area (Å²) < 4.78 is 33.4. The summed E-state index contributed by atoms with van der Waals surface area (Å²) in [7, 11) is -3.47. The summed E-state index contributed by atoms with van der Waals surface area (Å²) in [6.45, 7) is 7.25. The Morgan fingerprint density at radius 3 is 2.57 bits per heavy atom. The Kier molecular flexibility index (Phi) is 7.77. The first-order chi connectivity index (χ1) is 16.6. The van der Waals surface area contributed by atoms with E-state index in [4.69, 9.17) is 21.3 Å². The maximum Gasteiger partial charge on any atom is 0.212 e. The van der Waals surface area contributed by atoms with Crippen molar-refractivity contribution in [3.63, 3.8) is 0 Å². The Morgan fingerprint density at radius 2 is 1.89 bits per heavy atom. The minimum atomic E-state index is -3.47. The number of morpholine rings is 1. The molecule has 0 radical (unpaired) electrons. The van der Waals surface area contributed by atoms with Crippen LogP contribution < -0.4 is 4.72 Å². The lowest BCUT2D eigenvalue weighted by molar-refractivity contribution is 0.0408. The summed E-state index contributed by atoms with van der Waals surface area (Å²) in [5, 5.41) is 10.4. The zero-order valence-electron chi connectivity index (χ0n) is 19.8. The van der Waals surface area contributed by atoms with E-state index in [9.17, 15) is 13.5 Å². The molecule has 188 valence electrons. The van der Waals surface area contributed by atoms with Gasteiger partial charge in [0.05, 0.1) is 35.4 Å². The van der Waals surface area contributed by atoms with Gasteiger partial charge in [-0.1, -0.05) is 31.5 Å². The largest absolute Gasteiger partial charge is 0.506 e. The lowest BCUT2D eigenvalue weighted by atomic mass is 9.93. The van der Waals surface area contributed by atoms with Gasteiger partial charge in [0.25, 0.3) is 0 Å². The number of ether oxygens (including phenoxy) is 1. The summed E-state index contributed by atoms with van der Waals surface area (Å²) in [4.78, 5) is 14.4. The van der Waals surface area contributed by atoms with Gasteiger partial charge in [-0.25, -0.2) is 18.1 Å². The van der Waals surface area contributed by atoms with Crippen LogP contribution >= 0.6 is 11.6 Å². The van der Waals surface area contributed by atoms with E-state index in [1.54, 1.807) is 30.6 Å². The molecule has 11 heteroatoms. The SMILES string of the molecule is CC(C)(CNS(=O)(=O)CCN1CCOCC1)c1nc(-c2ccc(Cl)c(O)c2)c(-c2ccncc2)[nH]1. The van der Waals surface area contributed by atoms with Crippen molar-refractivity contribution in [2.24, 2.45) is 0 Å². The number of sulfonamides is 1. The van der Waals surface area contributed by atoms with E-state index in [2.05, 4.69) is 19.6 Å². The van der Waals surface area contributed by atoms with Gasteiger partial charge in [-0.15, -0.1) is 0 Å². The molecule has 0 bridgehead atoms. The van der Waals surface area contributed by atoms with Gasteiger partial charge in [0.1, 0.15) is 11.6 Å². The first-order valence-electron chi connectivity index (χ1n) is 11.4. The fourth-order valence-electron chi connectivity index (χ4n) is 3.81. The molecule has 3 heterocycles. The number of phenolic OH excluding ortho intramolecular Hbond substituents is 1. The molecule has 1 fully saturated rings. The molecule has 1 aromatic carbocycles. The number of hydrogen-bond donors (Lipinski definition) is 3. The van der Waals surface area contributed by atoms with E-state index < -0.39 is 15.4 Å². The Bertz CT molecular complexity index is 1260. The smallest absolute Gasteiger partial charge is 0.212 e. The summed E-state index contributed by atoms with van der Waals surface area (Å²) >= 11 is 6.00. The van der Waals surface area contributed by atoms with Gasteiger partial charge in [0, 0.05) is 55.1 Å². The highest BCUT2D eigenvalue weighted by atomic mass is 35.5. The average molecular weight is 520 g/mol. The van der Waals surface area contributed by atoms with E-state index in [0.29, 0.717) is 36.8 Å². The third kappa shape index (κ3) is 6.39. The monoisotopic (exact) mass is 519 g/mol. The number of aromatic nitrogens is 3. The molecular formula is C24H30ClN5O4S. The van der Waals surface area contributed by atoms with Gasteiger partial charge in [0.2, 0.25) is 10.0 Å². The molecule has 0 aliphatic carbocycles. The van der Waals surface area contributed by atoms with Gasteiger partial charge < -0.3 is 14.8 Å². The van der Waals surface area contributed by atoms with Crippen molar-refractivity contribution in [2.45, 2.75) is 19.3 Å². The number of rotatable bonds is 9. The summed E-state index contributed by atoms with van der Waals surface area (Å²) in [5.74, 6) is 0.602. The summed E-state index contributed by atoms with van der Waals surface area (Å²) in [6, 6.07) is 8.68. The number of phenols is 1. The average Bonchev–Trinajstić information content (AvgIpc) is 3.31. The quantitative estimate of drug-likeness (QED) is 0.397. The minimum absolute atomic E-state index is 0.0266. The van der Waals surface area contributed by atoms with Crippen LogP contribution in [-0.2, 0) is 20.2 Å². The van der Waals surface area contributed by atoms with Crippen molar-refractivity contribution in [2.75, 3.05) is 45.1 Å². The Morgan fingerprint density at radius 1 is 1.17 bits per heavy atom. The first-order valence-corrected chi connectivity index (χ1v) is 13.4. The number of imidazole rings is 1. The second-order valence-corrected chi connectivity index (χ2v) is 11.5. The van der Waals surface area contributed by atoms with Gasteiger partial charge in [0.15, 0.2) is 0 Å². The Balaban J connectivity index is 1.56. The standard InChI is InChI=1S/C24H30ClN5O4S/c1-24(2,16-27-35(32,33)14-11-30-9-12-34-13-10-30)23-28-21(17-5-7-26-8-6-17)22(29-23)18-3-4-19(25)20(31)15-18/h3-8,15,27,31H,9-14,16H2,1-2H3,(H,28,29). The van der Waals surface area contributed by atoms with Crippen LogP contribution in [0, 0.1) is 0 Å². The molecule has 1 aliphatic heterocycles. The molecule has 3 N–H and O–H groups in total. The number of pyridine rings is 1. The van der Waals surface area contributed by atoms with E-state index in [0.717, 1.165) is 24.3 Å². The van der Waals surface area contributed by atoms with Crippen LogP contribution in [0.4, 0.5) is 0 Å². The van der Waals surface area contributed by atoms with Crippen LogP contribution in [0.2, 0.25) is 5.02 Å². The lowest BCUT2D eigenvalue weighted by Crippen LogP contribution is -2.43. The molecule has 3 aromatic rings. The molecule has 35 heavy (non-hydrogen) atoms. The van der Waals surface area contributed by atoms with Gasteiger partial charge in [-0.05, 0) is 24.3 Å². The number of nitrogens with zero attached hydrogens (tertiary/aromatic N) is 3. The summed E-state index contributed by atoms with van der Waals surface area (Å²) in [5.41, 5.74) is 2.28. The van der Waals surface area contributed by atoms with Crippen molar-refractivity contribution >= 4 is 21.6 Å². The van der Waals surface area contributed by atoms with Gasteiger partial charge in [-0.2, -0.15) is 0 Å². The highest BCUT2D eigenvalue weighted by Crippen LogP contribution is 2.36. The molecule has 0 unspecified atom stereocenters. The van der Waals surface area contributed by atoms with Gasteiger partial charge in [-0.3, -0.25) is 9.88 Å². The Hall–Kier alpha value is -2.50. The molecule has 0 saturated carbocycles. The Labute approximate surface area is 210 Å². The third-order valence-corrected chi connectivity index (χ3v) is 7.67.